The van der Waals surface area contributed by atoms with Crippen LogP contribution in [-0.4, -0.2) is 17.1 Å². The maximum Gasteiger partial charge on any atom is 0.304 e. The molecule has 0 fully saturated rings. The van der Waals surface area contributed by atoms with Crippen molar-refractivity contribution in [2.45, 2.75) is 52.5 Å². The Morgan fingerprint density at radius 3 is 2.29 bits per heavy atom. The minimum atomic E-state index is -0.792. The first-order chi connectivity index (χ1) is 6.51. The Bertz CT molecular complexity index is 171. The summed E-state index contributed by atoms with van der Waals surface area (Å²) in [7, 11) is 0. The summed E-state index contributed by atoms with van der Waals surface area (Å²) in [5.74, 6) is 0.195. The number of carboxylic acids is 1. The minimum Gasteiger partial charge on any atom is -0.481 e. The van der Waals surface area contributed by atoms with Gasteiger partial charge in [0.25, 0.3) is 0 Å². The van der Waals surface area contributed by atoms with E-state index in [0.29, 0.717) is 11.8 Å². The van der Waals surface area contributed by atoms with Crippen molar-refractivity contribution in [3.8, 4) is 0 Å². The molecule has 0 aliphatic carbocycles. The lowest BCUT2D eigenvalue weighted by molar-refractivity contribution is -0.137. The fourth-order valence-corrected chi connectivity index (χ4v) is 1.70. The molecule has 0 heterocycles. The van der Waals surface area contributed by atoms with E-state index in [1.807, 2.05) is 0 Å². The van der Waals surface area contributed by atoms with Crippen molar-refractivity contribution >= 4 is 5.97 Å². The van der Waals surface area contributed by atoms with Crippen molar-refractivity contribution in [2.75, 3.05) is 0 Å². The summed E-state index contributed by atoms with van der Waals surface area (Å²) in [4.78, 5) is 10.5. The van der Waals surface area contributed by atoms with Crippen molar-refractivity contribution in [3.05, 3.63) is 0 Å². The maximum atomic E-state index is 10.5. The molecule has 84 valence electrons. The van der Waals surface area contributed by atoms with E-state index in [1.165, 1.54) is 0 Å². The number of hydrogen-bond donors (Lipinski definition) is 2. The summed E-state index contributed by atoms with van der Waals surface area (Å²) >= 11 is 0. The van der Waals surface area contributed by atoms with Crippen LogP contribution in [0.3, 0.4) is 0 Å². The van der Waals surface area contributed by atoms with Gasteiger partial charge < -0.3 is 10.8 Å². The predicted molar refractivity (Wildman–Crippen MR) is 58.1 cm³/mol. The van der Waals surface area contributed by atoms with E-state index in [9.17, 15) is 4.79 Å². The highest BCUT2D eigenvalue weighted by atomic mass is 16.4. The van der Waals surface area contributed by atoms with Crippen LogP contribution in [0.2, 0.25) is 0 Å². The summed E-state index contributed by atoms with van der Waals surface area (Å²) in [5, 5.41) is 8.64. The van der Waals surface area contributed by atoms with Crippen molar-refractivity contribution in [1.82, 2.24) is 0 Å². The van der Waals surface area contributed by atoms with Crippen molar-refractivity contribution < 1.29 is 9.90 Å². The molecule has 0 amide bonds. The van der Waals surface area contributed by atoms with Gasteiger partial charge in [0.05, 0.1) is 6.42 Å². The Morgan fingerprint density at radius 1 is 1.36 bits per heavy atom. The molecule has 0 rings (SSSR count). The summed E-state index contributed by atoms with van der Waals surface area (Å²) < 4.78 is 0. The molecule has 0 aliphatic rings. The molecule has 0 aliphatic heterocycles. The highest BCUT2D eigenvalue weighted by Gasteiger charge is 2.20. The smallest absolute Gasteiger partial charge is 0.304 e. The zero-order valence-electron chi connectivity index (χ0n) is 9.49. The fourth-order valence-electron chi connectivity index (χ4n) is 1.70. The van der Waals surface area contributed by atoms with Crippen LogP contribution in [0.5, 0.6) is 0 Å². The Hall–Kier alpha value is -0.570. The van der Waals surface area contributed by atoms with Crippen LogP contribution < -0.4 is 5.73 Å². The molecule has 3 unspecified atom stereocenters. The van der Waals surface area contributed by atoms with E-state index in [-0.39, 0.29) is 12.5 Å². The van der Waals surface area contributed by atoms with Gasteiger partial charge in [-0.2, -0.15) is 0 Å². The van der Waals surface area contributed by atoms with Gasteiger partial charge >= 0.3 is 5.97 Å². The molecule has 0 saturated carbocycles. The number of nitrogens with two attached hydrogens (primary N) is 1. The lowest BCUT2D eigenvalue weighted by Gasteiger charge is -2.23. The Balaban J connectivity index is 4.04. The largest absolute Gasteiger partial charge is 0.481 e. The highest BCUT2D eigenvalue weighted by Crippen LogP contribution is 2.21. The molecule has 3 atom stereocenters. The first-order valence-corrected chi connectivity index (χ1v) is 5.48. The number of carboxylic acid groups (broad SMARTS) is 1. The zero-order valence-corrected chi connectivity index (χ0v) is 9.49. The second-order valence-electron chi connectivity index (χ2n) is 4.18. The zero-order chi connectivity index (χ0) is 11.1. The molecule has 0 aromatic heterocycles. The van der Waals surface area contributed by atoms with Gasteiger partial charge in [0, 0.05) is 6.04 Å². The second kappa shape index (κ2) is 6.82. The molecule has 0 radical (unpaired) electrons. The third-order valence-electron chi connectivity index (χ3n) is 2.94. The molecule has 3 heteroatoms. The first kappa shape index (κ1) is 13.4. The van der Waals surface area contributed by atoms with Crippen LogP contribution in [0.15, 0.2) is 0 Å². The van der Waals surface area contributed by atoms with Gasteiger partial charge in [-0.15, -0.1) is 0 Å². The molecule has 0 aromatic rings. The Kier molecular flexibility index (Phi) is 6.54. The number of aliphatic carboxylic acids is 1. The van der Waals surface area contributed by atoms with Crippen LogP contribution in [0.1, 0.15) is 46.5 Å². The van der Waals surface area contributed by atoms with Gasteiger partial charge in [-0.25, -0.2) is 0 Å². The SMILES string of the molecule is CCC(C)CC(CC)C(N)CC(=O)O. The van der Waals surface area contributed by atoms with Crippen LogP contribution in [0.4, 0.5) is 0 Å². The summed E-state index contributed by atoms with van der Waals surface area (Å²) in [6.45, 7) is 6.42. The van der Waals surface area contributed by atoms with Gasteiger partial charge in [-0.05, 0) is 18.3 Å². The first-order valence-electron chi connectivity index (χ1n) is 5.48. The van der Waals surface area contributed by atoms with Gasteiger partial charge in [0.1, 0.15) is 0 Å². The fraction of sp³-hybridized carbons (Fsp3) is 0.909. The van der Waals surface area contributed by atoms with Gasteiger partial charge in [0.2, 0.25) is 0 Å². The van der Waals surface area contributed by atoms with Crippen LogP contribution >= 0.6 is 0 Å². The van der Waals surface area contributed by atoms with E-state index in [1.54, 1.807) is 0 Å². The van der Waals surface area contributed by atoms with Crippen molar-refractivity contribution in [3.63, 3.8) is 0 Å². The van der Waals surface area contributed by atoms with E-state index in [2.05, 4.69) is 20.8 Å². The van der Waals surface area contributed by atoms with Crippen LogP contribution in [0, 0.1) is 11.8 Å². The number of rotatable bonds is 7. The van der Waals surface area contributed by atoms with Gasteiger partial charge in [-0.3, -0.25) is 4.79 Å². The Labute approximate surface area is 86.7 Å². The van der Waals surface area contributed by atoms with Crippen LogP contribution in [0.25, 0.3) is 0 Å². The molecule has 3 nitrogen and oxygen atoms in total. The highest BCUT2D eigenvalue weighted by molar-refractivity contribution is 5.67. The second-order valence-corrected chi connectivity index (χ2v) is 4.18. The summed E-state index contributed by atoms with van der Waals surface area (Å²) in [6.07, 6.45) is 3.24. The van der Waals surface area contributed by atoms with Crippen LogP contribution in [-0.2, 0) is 4.79 Å². The van der Waals surface area contributed by atoms with E-state index < -0.39 is 5.97 Å². The average molecular weight is 201 g/mol. The number of carbonyl (C=O) groups is 1. The molecule has 0 bridgehead atoms. The van der Waals surface area contributed by atoms with E-state index in [0.717, 1.165) is 19.3 Å². The quantitative estimate of drug-likeness (QED) is 0.664. The van der Waals surface area contributed by atoms with Gasteiger partial charge in [-0.1, -0.05) is 33.6 Å². The summed E-state index contributed by atoms with van der Waals surface area (Å²) in [5.41, 5.74) is 5.85. The molecular weight excluding hydrogens is 178 g/mol. The standard InChI is InChI=1S/C11H23NO2/c1-4-8(3)6-9(5-2)10(12)7-11(13)14/h8-10H,4-7,12H2,1-3H3,(H,13,14). The topological polar surface area (TPSA) is 63.3 Å². The van der Waals surface area contributed by atoms with Gasteiger partial charge in [0.15, 0.2) is 0 Å². The summed E-state index contributed by atoms with van der Waals surface area (Å²) in [6, 6.07) is -0.188. The lowest BCUT2D eigenvalue weighted by Crippen LogP contribution is -2.33. The third-order valence-corrected chi connectivity index (χ3v) is 2.94. The maximum absolute atomic E-state index is 10.5. The Morgan fingerprint density at radius 2 is 1.93 bits per heavy atom. The van der Waals surface area contributed by atoms with E-state index >= 15 is 0 Å². The molecule has 0 spiro atoms. The van der Waals surface area contributed by atoms with Crippen molar-refractivity contribution in [2.24, 2.45) is 17.6 Å². The van der Waals surface area contributed by atoms with Crippen molar-refractivity contribution in [1.29, 1.82) is 0 Å². The molecule has 0 saturated heterocycles. The molecular formula is C11H23NO2. The average Bonchev–Trinajstić information content (AvgIpc) is 2.12. The monoisotopic (exact) mass is 201 g/mol. The lowest BCUT2D eigenvalue weighted by atomic mass is 9.86. The minimum absolute atomic E-state index is 0.0922. The third kappa shape index (κ3) is 5.22. The molecule has 3 N–H and O–H groups in total. The van der Waals surface area contributed by atoms with E-state index in [4.69, 9.17) is 10.8 Å². The molecule has 14 heavy (non-hydrogen) atoms. The predicted octanol–water partition coefficient (Wildman–Crippen LogP) is 2.25. The normalized spacial score (nSPS) is 17.4. The number of hydrogen-bond acceptors (Lipinski definition) is 2. The molecule has 0 aromatic carbocycles.